The fraction of sp³-hybridized carbons (Fsp3) is 0.375. The number of hydrogen-bond acceptors (Lipinski definition) is 2. The minimum Gasteiger partial charge on any atom is -0.328 e. The number of benzene rings is 2. The standard InChI is InChI=1S/C16H20N2/c17-13-8-10-16(18,11-9-13)15-7-3-5-12-4-1-2-6-14(12)15/h1-7,13H,8-11,17-18H2. The summed E-state index contributed by atoms with van der Waals surface area (Å²) >= 11 is 0. The van der Waals surface area contributed by atoms with Crippen molar-refractivity contribution in [3.8, 4) is 0 Å². The second kappa shape index (κ2) is 4.38. The molecule has 0 saturated heterocycles. The molecule has 0 aromatic heterocycles. The van der Waals surface area contributed by atoms with E-state index < -0.39 is 0 Å². The molecule has 1 aliphatic rings. The van der Waals surface area contributed by atoms with Gasteiger partial charge in [0.15, 0.2) is 0 Å². The third-order valence-corrected chi connectivity index (χ3v) is 4.25. The molecule has 0 radical (unpaired) electrons. The summed E-state index contributed by atoms with van der Waals surface area (Å²) in [5, 5.41) is 2.56. The van der Waals surface area contributed by atoms with Crippen molar-refractivity contribution in [2.45, 2.75) is 37.3 Å². The lowest BCUT2D eigenvalue weighted by Gasteiger charge is -2.37. The van der Waals surface area contributed by atoms with Gasteiger partial charge in [-0.3, -0.25) is 0 Å². The van der Waals surface area contributed by atoms with Crippen molar-refractivity contribution in [1.82, 2.24) is 0 Å². The monoisotopic (exact) mass is 240 g/mol. The predicted molar refractivity (Wildman–Crippen MR) is 76.3 cm³/mol. The molecule has 2 nitrogen and oxygen atoms in total. The molecule has 3 rings (SSSR count). The van der Waals surface area contributed by atoms with Crippen LogP contribution in [0.4, 0.5) is 0 Å². The molecule has 2 heteroatoms. The predicted octanol–water partition coefficient (Wildman–Crippen LogP) is 2.90. The summed E-state index contributed by atoms with van der Waals surface area (Å²) in [5.74, 6) is 0. The Kier molecular flexibility index (Phi) is 2.84. The first kappa shape index (κ1) is 11.7. The number of hydrogen-bond donors (Lipinski definition) is 2. The van der Waals surface area contributed by atoms with Crippen LogP contribution in [-0.4, -0.2) is 6.04 Å². The Balaban J connectivity index is 2.08. The third-order valence-electron chi connectivity index (χ3n) is 4.25. The smallest absolute Gasteiger partial charge is 0.0417 e. The largest absolute Gasteiger partial charge is 0.328 e. The lowest BCUT2D eigenvalue weighted by atomic mass is 9.74. The molecule has 0 unspecified atom stereocenters. The van der Waals surface area contributed by atoms with Crippen LogP contribution < -0.4 is 11.5 Å². The van der Waals surface area contributed by atoms with Crippen LogP contribution in [0.25, 0.3) is 10.8 Å². The summed E-state index contributed by atoms with van der Waals surface area (Å²) in [6.07, 6.45) is 4.03. The number of rotatable bonds is 1. The van der Waals surface area contributed by atoms with Crippen molar-refractivity contribution in [2.24, 2.45) is 11.5 Å². The fourth-order valence-electron chi connectivity index (χ4n) is 3.08. The second-order valence-electron chi connectivity index (χ2n) is 5.52. The molecule has 0 aliphatic heterocycles. The van der Waals surface area contributed by atoms with Crippen LogP contribution in [0.1, 0.15) is 31.2 Å². The lowest BCUT2D eigenvalue weighted by Crippen LogP contribution is -2.43. The molecule has 1 fully saturated rings. The zero-order valence-corrected chi connectivity index (χ0v) is 10.6. The number of nitrogens with two attached hydrogens (primary N) is 2. The number of fused-ring (bicyclic) bond motifs is 1. The van der Waals surface area contributed by atoms with E-state index in [4.69, 9.17) is 11.5 Å². The molecular weight excluding hydrogens is 220 g/mol. The molecule has 0 amide bonds. The summed E-state index contributed by atoms with van der Waals surface area (Å²) < 4.78 is 0. The highest BCUT2D eigenvalue weighted by Crippen LogP contribution is 2.37. The van der Waals surface area contributed by atoms with Gasteiger partial charge in [0.05, 0.1) is 0 Å². The molecule has 0 bridgehead atoms. The summed E-state index contributed by atoms with van der Waals surface area (Å²) in [6.45, 7) is 0. The Morgan fingerprint density at radius 1 is 0.944 bits per heavy atom. The maximum atomic E-state index is 6.65. The molecule has 0 spiro atoms. The molecule has 0 heterocycles. The van der Waals surface area contributed by atoms with Crippen molar-refractivity contribution >= 4 is 10.8 Å². The second-order valence-corrected chi connectivity index (χ2v) is 5.52. The van der Waals surface area contributed by atoms with Gasteiger partial charge in [-0.05, 0) is 42.0 Å². The van der Waals surface area contributed by atoms with Gasteiger partial charge >= 0.3 is 0 Å². The quantitative estimate of drug-likeness (QED) is 0.805. The molecule has 4 N–H and O–H groups in total. The van der Waals surface area contributed by atoms with E-state index in [-0.39, 0.29) is 5.54 Å². The first-order valence-corrected chi connectivity index (χ1v) is 6.72. The molecule has 2 aromatic rings. The van der Waals surface area contributed by atoms with E-state index >= 15 is 0 Å². The zero-order valence-electron chi connectivity index (χ0n) is 10.6. The van der Waals surface area contributed by atoms with Crippen molar-refractivity contribution in [1.29, 1.82) is 0 Å². The molecule has 0 atom stereocenters. The van der Waals surface area contributed by atoms with E-state index in [9.17, 15) is 0 Å². The highest BCUT2D eigenvalue weighted by atomic mass is 14.8. The summed E-state index contributed by atoms with van der Waals surface area (Å²) in [4.78, 5) is 0. The van der Waals surface area contributed by atoms with Crippen LogP contribution >= 0.6 is 0 Å². The zero-order chi connectivity index (χ0) is 12.6. The maximum absolute atomic E-state index is 6.65. The van der Waals surface area contributed by atoms with Gasteiger partial charge in [0, 0.05) is 11.6 Å². The van der Waals surface area contributed by atoms with E-state index in [1.54, 1.807) is 0 Å². The van der Waals surface area contributed by atoms with Gasteiger partial charge in [-0.15, -0.1) is 0 Å². The van der Waals surface area contributed by atoms with Crippen LogP contribution in [0.3, 0.4) is 0 Å². The average Bonchev–Trinajstić information content (AvgIpc) is 2.42. The maximum Gasteiger partial charge on any atom is 0.0417 e. The van der Waals surface area contributed by atoms with Crippen molar-refractivity contribution in [3.05, 3.63) is 48.0 Å². The van der Waals surface area contributed by atoms with Crippen LogP contribution in [0.2, 0.25) is 0 Å². The van der Waals surface area contributed by atoms with Gasteiger partial charge in [-0.2, -0.15) is 0 Å². The van der Waals surface area contributed by atoms with E-state index in [0.717, 1.165) is 25.7 Å². The molecule has 94 valence electrons. The van der Waals surface area contributed by atoms with E-state index in [1.807, 2.05) is 0 Å². The minimum absolute atomic E-state index is 0.198. The first-order valence-electron chi connectivity index (χ1n) is 6.72. The highest BCUT2D eigenvalue weighted by molar-refractivity contribution is 5.86. The Morgan fingerprint density at radius 3 is 2.39 bits per heavy atom. The van der Waals surface area contributed by atoms with Crippen molar-refractivity contribution in [3.63, 3.8) is 0 Å². The van der Waals surface area contributed by atoms with Crippen LogP contribution in [0.15, 0.2) is 42.5 Å². The fourth-order valence-corrected chi connectivity index (χ4v) is 3.08. The first-order chi connectivity index (χ1) is 8.69. The Hall–Kier alpha value is -1.38. The average molecular weight is 240 g/mol. The van der Waals surface area contributed by atoms with Crippen LogP contribution in [0, 0.1) is 0 Å². The lowest BCUT2D eigenvalue weighted by molar-refractivity contribution is 0.279. The Morgan fingerprint density at radius 2 is 1.61 bits per heavy atom. The summed E-state index contributed by atoms with van der Waals surface area (Å²) in [7, 11) is 0. The molecule has 18 heavy (non-hydrogen) atoms. The normalized spacial score (nSPS) is 28.4. The molecule has 1 aliphatic carbocycles. The van der Waals surface area contributed by atoms with Crippen molar-refractivity contribution in [2.75, 3.05) is 0 Å². The van der Waals surface area contributed by atoms with Gasteiger partial charge in [0.2, 0.25) is 0 Å². The Bertz CT molecular complexity index is 549. The van der Waals surface area contributed by atoms with E-state index in [1.165, 1.54) is 16.3 Å². The summed E-state index contributed by atoms with van der Waals surface area (Å²) in [5.41, 5.74) is 13.7. The topological polar surface area (TPSA) is 52.0 Å². The summed E-state index contributed by atoms with van der Waals surface area (Å²) in [6, 6.07) is 15.3. The van der Waals surface area contributed by atoms with E-state index in [0.29, 0.717) is 6.04 Å². The Labute approximate surface area is 108 Å². The third kappa shape index (κ3) is 1.92. The molecule has 1 saturated carbocycles. The van der Waals surface area contributed by atoms with Gasteiger partial charge in [0.1, 0.15) is 0 Å². The molecular formula is C16H20N2. The SMILES string of the molecule is NC1CCC(N)(c2cccc3ccccc23)CC1. The van der Waals surface area contributed by atoms with Crippen molar-refractivity contribution < 1.29 is 0 Å². The minimum atomic E-state index is -0.198. The molecule has 2 aromatic carbocycles. The van der Waals surface area contributed by atoms with Gasteiger partial charge in [-0.25, -0.2) is 0 Å². The highest BCUT2D eigenvalue weighted by Gasteiger charge is 2.33. The van der Waals surface area contributed by atoms with E-state index in [2.05, 4.69) is 42.5 Å². The van der Waals surface area contributed by atoms with Gasteiger partial charge in [0.25, 0.3) is 0 Å². The van der Waals surface area contributed by atoms with Crippen LogP contribution in [-0.2, 0) is 5.54 Å². The van der Waals surface area contributed by atoms with Crippen LogP contribution in [0.5, 0.6) is 0 Å². The van der Waals surface area contributed by atoms with Gasteiger partial charge < -0.3 is 11.5 Å². The van der Waals surface area contributed by atoms with Gasteiger partial charge in [-0.1, -0.05) is 42.5 Å².